The molecule has 1 aliphatic heterocycles. The Labute approximate surface area is 139 Å². The molecule has 1 aromatic heterocycles. The summed E-state index contributed by atoms with van der Waals surface area (Å²) in [4.78, 5) is 30.6. The summed E-state index contributed by atoms with van der Waals surface area (Å²) in [6.07, 6.45) is 0. The molecule has 1 saturated heterocycles. The largest absolute Gasteiger partial charge is 0.394 e. The molecule has 7 heteroatoms. The predicted octanol–water partition coefficient (Wildman–Crippen LogP) is 0.184. The zero-order valence-corrected chi connectivity index (χ0v) is 13.1. The van der Waals surface area contributed by atoms with E-state index in [1.54, 1.807) is 17.0 Å². The molecule has 0 bridgehead atoms. The van der Waals surface area contributed by atoms with Crippen molar-refractivity contribution in [3.05, 3.63) is 42.1 Å². The first-order chi connectivity index (χ1) is 11.7. The van der Waals surface area contributed by atoms with E-state index in [-0.39, 0.29) is 11.6 Å². The minimum atomic E-state index is -0.983. The molecule has 0 aliphatic carbocycles. The highest BCUT2D eigenvalue weighted by molar-refractivity contribution is 5.97. The standard InChI is InChI=1S/C17H19N3O4/c21-11-15(17(23)20-7-9-24-10-8-20)19-16(22)14-6-5-12-3-1-2-4-13(12)18-14/h1-6,15,21H,7-11H2,(H,19,22). The Bertz CT molecular complexity index is 743. The summed E-state index contributed by atoms with van der Waals surface area (Å²) in [6, 6.07) is 9.88. The number of aliphatic hydroxyl groups is 1. The average molecular weight is 329 g/mol. The van der Waals surface area contributed by atoms with Crippen molar-refractivity contribution in [2.24, 2.45) is 0 Å². The van der Waals surface area contributed by atoms with Gasteiger partial charge in [0.2, 0.25) is 5.91 Å². The number of hydrogen-bond donors (Lipinski definition) is 2. The molecule has 7 nitrogen and oxygen atoms in total. The molecule has 0 radical (unpaired) electrons. The number of fused-ring (bicyclic) bond motifs is 1. The summed E-state index contributed by atoms with van der Waals surface area (Å²) in [5, 5.41) is 13.0. The first-order valence-electron chi connectivity index (χ1n) is 7.83. The van der Waals surface area contributed by atoms with Crippen LogP contribution >= 0.6 is 0 Å². The number of aliphatic hydroxyl groups excluding tert-OH is 1. The van der Waals surface area contributed by atoms with E-state index in [1.807, 2.05) is 24.3 Å². The number of amides is 2. The Hall–Kier alpha value is -2.51. The smallest absolute Gasteiger partial charge is 0.270 e. The van der Waals surface area contributed by atoms with Gasteiger partial charge in [-0.2, -0.15) is 0 Å². The van der Waals surface area contributed by atoms with Gasteiger partial charge in [-0.3, -0.25) is 9.59 Å². The van der Waals surface area contributed by atoms with E-state index in [4.69, 9.17) is 4.74 Å². The van der Waals surface area contributed by atoms with Crippen LogP contribution < -0.4 is 5.32 Å². The van der Waals surface area contributed by atoms with E-state index in [2.05, 4.69) is 10.3 Å². The van der Waals surface area contributed by atoms with Gasteiger partial charge in [-0.05, 0) is 12.1 Å². The summed E-state index contributed by atoms with van der Waals surface area (Å²) in [5.41, 5.74) is 0.909. The molecule has 3 rings (SSSR count). The van der Waals surface area contributed by atoms with Gasteiger partial charge in [0.1, 0.15) is 11.7 Å². The lowest BCUT2D eigenvalue weighted by molar-refractivity contribution is -0.138. The van der Waals surface area contributed by atoms with Crippen molar-refractivity contribution in [2.75, 3.05) is 32.9 Å². The number of aromatic nitrogens is 1. The zero-order valence-electron chi connectivity index (χ0n) is 13.1. The van der Waals surface area contributed by atoms with Crippen molar-refractivity contribution in [1.82, 2.24) is 15.2 Å². The monoisotopic (exact) mass is 329 g/mol. The van der Waals surface area contributed by atoms with Gasteiger partial charge < -0.3 is 20.1 Å². The number of para-hydroxylation sites is 1. The number of ether oxygens (including phenoxy) is 1. The number of benzene rings is 1. The highest BCUT2D eigenvalue weighted by Crippen LogP contribution is 2.12. The highest BCUT2D eigenvalue weighted by atomic mass is 16.5. The van der Waals surface area contributed by atoms with E-state index >= 15 is 0 Å². The molecule has 2 N–H and O–H groups in total. The number of rotatable bonds is 4. The van der Waals surface area contributed by atoms with Crippen LogP contribution in [-0.4, -0.2) is 65.8 Å². The van der Waals surface area contributed by atoms with Crippen molar-refractivity contribution in [2.45, 2.75) is 6.04 Å². The second-order valence-corrected chi connectivity index (χ2v) is 5.54. The van der Waals surface area contributed by atoms with Crippen LogP contribution in [0.25, 0.3) is 10.9 Å². The van der Waals surface area contributed by atoms with Crippen LogP contribution in [0.3, 0.4) is 0 Å². The molecule has 0 saturated carbocycles. The zero-order chi connectivity index (χ0) is 16.9. The van der Waals surface area contributed by atoms with Gasteiger partial charge in [0.15, 0.2) is 0 Å². The Morgan fingerprint density at radius 2 is 1.96 bits per heavy atom. The SMILES string of the molecule is O=C(NC(CO)C(=O)N1CCOCC1)c1ccc2ccccc2n1. The third-order valence-corrected chi connectivity index (χ3v) is 3.94. The molecular weight excluding hydrogens is 310 g/mol. The average Bonchev–Trinajstić information content (AvgIpc) is 2.65. The van der Waals surface area contributed by atoms with Crippen molar-refractivity contribution in [3.63, 3.8) is 0 Å². The van der Waals surface area contributed by atoms with E-state index in [0.717, 1.165) is 5.39 Å². The third-order valence-electron chi connectivity index (χ3n) is 3.94. The number of pyridine rings is 1. The highest BCUT2D eigenvalue weighted by Gasteiger charge is 2.27. The van der Waals surface area contributed by atoms with E-state index < -0.39 is 18.6 Å². The van der Waals surface area contributed by atoms with Crippen molar-refractivity contribution in [1.29, 1.82) is 0 Å². The van der Waals surface area contributed by atoms with Crippen LogP contribution in [0.1, 0.15) is 10.5 Å². The van der Waals surface area contributed by atoms with E-state index in [1.165, 1.54) is 0 Å². The third kappa shape index (κ3) is 3.52. The number of carbonyl (C=O) groups is 2. The first-order valence-corrected chi connectivity index (χ1v) is 7.83. The Kier molecular flexibility index (Phi) is 5.02. The maximum Gasteiger partial charge on any atom is 0.270 e. The minimum absolute atomic E-state index is 0.210. The molecule has 2 amide bonds. The van der Waals surface area contributed by atoms with Crippen LogP contribution in [-0.2, 0) is 9.53 Å². The fraction of sp³-hybridized carbons (Fsp3) is 0.353. The van der Waals surface area contributed by atoms with Gasteiger partial charge in [-0.1, -0.05) is 24.3 Å². The second kappa shape index (κ2) is 7.37. The summed E-state index contributed by atoms with van der Waals surface area (Å²) in [5.74, 6) is -0.795. The fourth-order valence-electron chi connectivity index (χ4n) is 2.61. The van der Waals surface area contributed by atoms with Crippen molar-refractivity contribution in [3.8, 4) is 0 Å². The fourth-order valence-corrected chi connectivity index (χ4v) is 2.61. The van der Waals surface area contributed by atoms with Gasteiger partial charge in [0.25, 0.3) is 5.91 Å². The summed E-state index contributed by atoms with van der Waals surface area (Å²) in [6.45, 7) is 1.38. The summed E-state index contributed by atoms with van der Waals surface area (Å²) in [7, 11) is 0. The maximum absolute atomic E-state index is 12.4. The number of carbonyl (C=O) groups excluding carboxylic acids is 2. The number of nitrogens with one attached hydrogen (secondary N) is 1. The Morgan fingerprint density at radius 3 is 2.71 bits per heavy atom. The van der Waals surface area contributed by atoms with Crippen LogP contribution in [0, 0.1) is 0 Å². The second-order valence-electron chi connectivity index (χ2n) is 5.54. The van der Waals surface area contributed by atoms with Gasteiger partial charge in [0.05, 0.1) is 25.3 Å². The van der Waals surface area contributed by atoms with Crippen molar-refractivity contribution < 1.29 is 19.4 Å². The lowest BCUT2D eigenvalue weighted by Gasteiger charge is -2.30. The number of hydrogen-bond acceptors (Lipinski definition) is 5. The molecule has 1 unspecified atom stereocenters. The quantitative estimate of drug-likeness (QED) is 0.835. The molecule has 2 heterocycles. The molecule has 2 aromatic rings. The van der Waals surface area contributed by atoms with Crippen LogP contribution in [0.5, 0.6) is 0 Å². The van der Waals surface area contributed by atoms with Crippen LogP contribution in [0.15, 0.2) is 36.4 Å². The molecule has 0 spiro atoms. The Morgan fingerprint density at radius 1 is 1.21 bits per heavy atom. The van der Waals surface area contributed by atoms with Gasteiger partial charge in [-0.25, -0.2) is 4.98 Å². The lowest BCUT2D eigenvalue weighted by Crippen LogP contribution is -2.53. The first kappa shape index (κ1) is 16.4. The molecule has 24 heavy (non-hydrogen) atoms. The van der Waals surface area contributed by atoms with Gasteiger partial charge in [0, 0.05) is 18.5 Å². The van der Waals surface area contributed by atoms with Gasteiger partial charge in [-0.15, -0.1) is 0 Å². The van der Waals surface area contributed by atoms with Crippen LogP contribution in [0.2, 0.25) is 0 Å². The van der Waals surface area contributed by atoms with Crippen molar-refractivity contribution >= 4 is 22.7 Å². The molecule has 1 atom stereocenters. The number of morpholine rings is 1. The lowest BCUT2D eigenvalue weighted by atomic mass is 10.2. The minimum Gasteiger partial charge on any atom is -0.394 e. The topological polar surface area (TPSA) is 91.8 Å². The van der Waals surface area contributed by atoms with Crippen LogP contribution in [0.4, 0.5) is 0 Å². The molecular formula is C17H19N3O4. The molecule has 1 aromatic carbocycles. The summed E-state index contributed by atoms with van der Waals surface area (Å²) < 4.78 is 5.20. The maximum atomic E-state index is 12.4. The van der Waals surface area contributed by atoms with E-state index in [9.17, 15) is 14.7 Å². The van der Waals surface area contributed by atoms with Gasteiger partial charge >= 0.3 is 0 Å². The molecule has 1 aliphatic rings. The molecule has 126 valence electrons. The number of nitrogens with zero attached hydrogens (tertiary/aromatic N) is 2. The molecule has 1 fully saturated rings. The summed E-state index contributed by atoms with van der Waals surface area (Å²) >= 11 is 0. The predicted molar refractivity (Wildman–Crippen MR) is 87.5 cm³/mol. The normalized spacial score (nSPS) is 16.0. The van der Waals surface area contributed by atoms with E-state index in [0.29, 0.717) is 31.8 Å². The Balaban J connectivity index is 1.71.